The summed E-state index contributed by atoms with van der Waals surface area (Å²) in [6.07, 6.45) is -1.87. The fraction of sp³-hybridized carbons (Fsp3) is 0.417. The van der Waals surface area contributed by atoms with Crippen molar-refractivity contribution in [1.29, 1.82) is 0 Å². The first-order valence-electron chi connectivity index (χ1n) is 6.06. The Hall–Kier alpha value is -1.70. The highest BCUT2D eigenvalue weighted by Crippen LogP contribution is 2.27. The van der Waals surface area contributed by atoms with Crippen molar-refractivity contribution in [3.63, 3.8) is 0 Å². The maximum Gasteiger partial charge on any atom is 0.451 e. The molecule has 2 aromatic heterocycles. The second kappa shape index (κ2) is 6.17. The van der Waals surface area contributed by atoms with Gasteiger partial charge < -0.3 is 5.32 Å². The van der Waals surface area contributed by atoms with Crippen molar-refractivity contribution in [1.82, 2.24) is 15.0 Å². The second-order valence-corrected chi connectivity index (χ2v) is 5.07. The van der Waals surface area contributed by atoms with Gasteiger partial charge in [-0.05, 0) is 6.42 Å². The Labute approximate surface area is 118 Å². The summed E-state index contributed by atoms with van der Waals surface area (Å²) in [5, 5.41) is 5.35. The maximum atomic E-state index is 12.8. The lowest BCUT2D eigenvalue weighted by molar-refractivity contribution is -0.145. The third kappa shape index (κ3) is 3.89. The minimum Gasteiger partial charge on any atom is -0.370 e. The van der Waals surface area contributed by atoms with Crippen LogP contribution in [0.1, 0.15) is 29.9 Å². The van der Waals surface area contributed by atoms with Gasteiger partial charge in [-0.1, -0.05) is 6.92 Å². The highest BCUT2D eigenvalue weighted by atomic mass is 32.1. The third-order valence-corrected chi connectivity index (χ3v) is 3.18. The normalized spacial score (nSPS) is 11.6. The van der Waals surface area contributed by atoms with Crippen molar-refractivity contribution in [2.24, 2.45) is 0 Å². The van der Waals surface area contributed by atoms with E-state index in [-0.39, 0.29) is 12.2 Å². The number of aromatic nitrogens is 3. The van der Waals surface area contributed by atoms with Crippen LogP contribution in [0.4, 0.5) is 19.0 Å². The van der Waals surface area contributed by atoms with E-state index in [0.29, 0.717) is 12.2 Å². The Bertz CT molecular complexity index is 554. The number of rotatable bonds is 5. The van der Waals surface area contributed by atoms with E-state index in [1.165, 1.54) is 17.4 Å². The molecule has 0 bridgehead atoms. The molecule has 0 atom stereocenters. The number of nitrogens with one attached hydrogen (secondary N) is 1. The van der Waals surface area contributed by atoms with E-state index in [1.807, 2.05) is 6.92 Å². The van der Waals surface area contributed by atoms with E-state index in [4.69, 9.17) is 0 Å². The largest absolute Gasteiger partial charge is 0.451 e. The summed E-state index contributed by atoms with van der Waals surface area (Å²) in [5.41, 5.74) is 0.306. The highest BCUT2D eigenvalue weighted by molar-refractivity contribution is 7.09. The van der Waals surface area contributed by atoms with Crippen LogP contribution in [0.5, 0.6) is 0 Å². The minimum absolute atomic E-state index is 0.195. The molecule has 0 amide bonds. The minimum atomic E-state index is -4.55. The van der Waals surface area contributed by atoms with Crippen LogP contribution in [0, 0.1) is 0 Å². The third-order valence-electron chi connectivity index (χ3n) is 2.40. The Balaban J connectivity index is 2.29. The summed E-state index contributed by atoms with van der Waals surface area (Å²) in [7, 11) is 0. The molecule has 8 heteroatoms. The molecule has 4 nitrogen and oxygen atoms in total. The van der Waals surface area contributed by atoms with E-state index in [0.717, 1.165) is 11.4 Å². The molecule has 0 aliphatic carbocycles. The second-order valence-electron chi connectivity index (χ2n) is 4.10. The van der Waals surface area contributed by atoms with Crippen LogP contribution in [-0.2, 0) is 12.6 Å². The Kier molecular flexibility index (Phi) is 4.53. The molecular weight excluding hydrogens is 289 g/mol. The Morgan fingerprint density at radius 2 is 2.10 bits per heavy atom. The van der Waals surface area contributed by atoms with Crippen LogP contribution in [0.2, 0.25) is 0 Å². The molecule has 108 valence electrons. The molecule has 2 rings (SSSR count). The molecule has 0 unspecified atom stereocenters. The number of thiazole rings is 1. The molecule has 0 aliphatic rings. The van der Waals surface area contributed by atoms with Gasteiger partial charge in [-0.25, -0.2) is 15.0 Å². The molecule has 0 saturated carbocycles. The van der Waals surface area contributed by atoms with Gasteiger partial charge in [0.1, 0.15) is 5.82 Å². The SMILES string of the molecule is CCCNc1cc(Cc2nccs2)nc(C(F)(F)F)n1. The monoisotopic (exact) mass is 302 g/mol. The Morgan fingerprint density at radius 3 is 2.70 bits per heavy atom. The quantitative estimate of drug-likeness (QED) is 0.920. The first-order chi connectivity index (χ1) is 9.49. The summed E-state index contributed by atoms with van der Waals surface area (Å²) in [5.74, 6) is -0.925. The van der Waals surface area contributed by atoms with E-state index in [9.17, 15) is 13.2 Å². The van der Waals surface area contributed by atoms with Crippen molar-refractivity contribution in [3.8, 4) is 0 Å². The van der Waals surface area contributed by atoms with Crippen molar-refractivity contribution in [2.75, 3.05) is 11.9 Å². The number of anilines is 1. The zero-order chi connectivity index (χ0) is 14.6. The number of nitrogens with zero attached hydrogens (tertiary/aromatic N) is 3. The standard InChI is InChI=1S/C12H13F3N4S/c1-2-3-16-9-6-8(7-10-17-4-5-20-10)18-11(19-9)12(13,14)15/h4-6H,2-3,7H2,1H3,(H,16,18,19). The molecule has 2 aromatic rings. The molecule has 1 N–H and O–H groups in total. The van der Waals surface area contributed by atoms with E-state index >= 15 is 0 Å². The lowest BCUT2D eigenvalue weighted by Crippen LogP contribution is -2.15. The summed E-state index contributed by atoms with van der Waals surface area (Å²) in [4.78, 5) is 11.1. The van der Waals surface area contributed by atoms with Crippen LogP contribution in [0.15, 0.2) is 17.6 Å². The van der Waals surface area contributed by atoms with E-state index < -0.39 is 12.0 Å². The van der Waals surface area contributed by atoms with Gasteiger partial charge in [-0.3, -0.25) is 0 Å². The molecule has 0 fully saturated rings. The molecule has 2 heterocycles. The van der Waals surface area contributed by atoms with Gasteiger partial charge >= 0.3 is 6.18 Å². The molecular formula is C12H13F3N4S. The van der Waals surface area contributed by atoms with Crippen molar-refractivity contribution in [3.05, 3.63) is 34.2 Å². The summed E-state index contributed by atoms with van der Waals surface area (Å²) in [6, 6.07) is 1.53. The molecule has 20 heavy (non-hydrogen) atoms. The fourth-order valence-electron chi connectivity index (χ4n) is 1.55. The molecule has 0 aliphatic heterocycles. The average molecular weight is 302 g/mol. The van der Waals surface area contributed by atoms with Gasteiger partial charge in [-0.2, -0.15) is 13.2 Å². The van der Waals surface area contributed by atoms with Gasteiger partial charge in [0.15, 0.2) is 0 Å². The van der Waals surface area contributed by atoms with Gasteiger partial charge in [-0.15, -0.1) is 11.3 Å². The maximum absolute atomic E-state index is 12.8. The zero-order valence-corrected chi connectivity index (χ0v) is 11.6. The van der Waals surface area contributed by atoms with Crippen LogP contribution < -0.4 is 5.32 Å². The molecule has 0 spiro atoms. The van der Waals surface area contributed by atoms with Crippen LogP contribution in [0.25, 0.3) is 0 Å². The number of alkyl halides is 3. The predicted octanol–water partition coefficient (Wildman–Crippen LogP) is 3.36. The lowest BCUT2D eigenvalue weighted by Gasteiger charge is -2.10. The highest BCUT2D eigenvalue weighted by Gasteiger charge is 2.35. The van der Waals surface area contributed by atoms with Crippen molar-refractivity contribution >= 4 is 17.2 Å². The van der Waals surface area contributed by atoms with Gasteiger partial charge in [0, 0.05) is 30.6 Å². The number of hydrogen-bond acceptors (Lipinski definition) is 5. The van der Waals surface area contributed by atoms with Crippen LogP contribution in [-0.4, -0.2) is 21.5 Å². The fourth-order valence-corrected chi connectivity index (χ4v) is 2.19. The molecule has 0 aromatic carbocycles. The number of hydrogen-bond donors (Lipinski definition) is 1. The lowest BCUT2D eigenvalue weighted by atomic mass is 10.3. The van der Waals surface area contributed by atoms with E-state index in [2.05, 4.69) is 20.3 Å². The average Bonchev–Trinajstić information content (AvgIpc) is 2.88. The summed E-state index contributed by atoms with van der Waals surface area (Å²) in [6.45, 7) is 2.49. The van der Waals surface area contributed by atoms with Crippen LogP contribution >= 0.6 is 11.3 Å². The first-order valence-corrected chi connectivity index (χ1v) is 6.94. The van der Waals surface area contributed by atoms with Gasteiger partial charge in [0.05, 0.1) is 10.7 Å². The first kappa shape index (κ1) is 14.7. The molecule has 0 radical (unpaired) electrons. The van der Waals surface area contributed by atoms with Gasteiger partial charge in [0.25, 0.3) is 0 Å². The topological polar surface area (TPSA) is 50.7 Å². The Morgan fingerprint density at radius 1 is 1.30 bits per heavy atom. The predicted molar refractivity (Wildman–Crippen MR) is 70.7 cm³/mol. The summed E-state index contributed by atoms with van der Waals surface area (Å²) < 4.78 is 38.3. The zero-order valence-electron chi connectivity index (χ0n) is 10.7. The van der Waals surface area contributed by atoms with Crippen molar-refractivity contribution < 1.29 is 13.2 Å². The molecule has 0 saturated heterocycles. The van der Waals surface area contributed by atoms with Crippen molar-refractivity contribution in [2.45, 2.75) is 25.9 Å². The van der Waals surface area contributed by atoms with Crippen LogP contribution in [0.3, 0.4) is 0 Å². The number of halogens is 3. The summed E-state index contributed by atoms with van der Waals surface area (Å²) >= 11 is 1.38. The van der Waals surface area contributed by atoms with E-state index in [1.54, 1.807) is 11.6 Å². The van der Waals surface area contributed by atoms with Gasteiger partial charge in [0.2, 0.25) is 5.82 Å². The smallest absolute Gasteiger partial charge is 0.370 e.